The first-order chi connectivity index (χ1) is 8.17. The van der Waals surface area contributed by atoms with Crippen LogP contribution in [0.25, 0.3) is 0 Å². The van der Waals surface area contributed by atoms with Crippen LogP contribution < -0.4 is 5.32 Å². The van der Waals surface area contributed by atoms with Crippen molar-refractivity contribution in [2.24, 2.45) is 0 Å². The Morgan fingerprint density at radius 3 is 3.06 bits per heavy atom. The van der Waals surface area contributed by atoms with Crippen molar-refractivity contribution in [3.05, 3.63) is 12.3 Å². The molecule has 0 aromatic heterocycles. The first kappa shape index (κ1) is 14.1. The number of rotatable bonds is 6. The Labute approximate surface area is 106 Å². The lowest BCUT2D eigenvalue weighted by Crippen LogP contribution is -2.28. The number of thiocarbonyl (C=S) groups is 1. The van der Waals surface area contributed by atoms with Crippen molar-refractivity contribution in [2.75, 3.05) is 13.7 Å². The summed E-state index contributed by atoms with van der Waals surface area (Å²) in [6, 6.07) is 0. The number of carbonyl (C=O) groups is 1. The molecule has 5 nitrogen and oxygen atoms in total. The lowest BCUT2D eigenvalue weighted by molar-refractivity contribution is -0.115. The summed E-state index contributed by atoms with van der Waals surface area (Å²) in [7, 11) is 1.85. The molecular formula is C11H18N2O3S. The second-order valence-corrected chi connectivity index (χ2v) is 4.15. The van der Waals surface area contributed by atoms with Gasteiger partial charge in [-0.05, 0) is 19.3 Å². The molecule has 17 heavy (non-hydrogen) atoms. The third-order valence-electron chi connectivity index (χ3n) is 2.65. The van der Waals surface area contributed by atoms with E-state index in [1.807, 2.05) is 11.9 Å². The number of nitrogens with zero attached hydrogens (tertiary/aromatic N) is 1. The molecule has 0 bridgehead atoms. The SMILES string of the molecule is CN(/C=C\C(=O)NC=S)[C@H]1CCC(CCO)O1. The molecule has 0 aromatic rings. The number of aliphatic hydroxyl groups is 1. The van der Waals surface area contributed by atoms with Gasteiger partial charge in [-0.25, -0.2) is 0 Å². The quantitative estimate of drug-likeness (QED) is 0.533. The highest BCUT2D eigenvalue weighted by Gasteiger charge is 2.26. The minimum Gasteiger partial charge on any atom is -0.396 e. The van der Waals surface area contributed by atoms with Crippen molar-refractivity contribution in [3.63, 3.8) is 0 Å². The largest absolute Gasteiger partial charge is 0.396 e. The highest BCUT2D eigenvalue weighted by molar-refractivity contribution is 7.78. The van der Waals surface area contributed by atoms with Crippen LogP contribution in [0.15, 0.2) is 12.3 Å². The number of amides is 1. The molecule has 1 unspecified atom stereocenters. The minimum absolute atomic E-state index is 0.0249. The van der Waals surface area contributed by atoms with E-state index in [-0.39, 0.29) is 24.8 Å². The molecule has 2 atom stereocenters. The second kappa shape index (κ2) is 7.37. The van der Waals surface area contributed by atoms with Gasteiger partial charge in [0.05, 0.1) is 11.6 Å². The summed E-state index contributed by atoms with van der Waals surface area (Å²) in [6.45, 7) is 0.147. The maximum atomic E-state index is 11.1. The third-order valence-corrected chi connectivity index (χ3v) is 2.77. The van der Waals surface area contributed by atoms with E-state index in [1.54, 1.807) is 6.20 Å². The Morgan fingerprint density at radius 1 is 1.65 bits per heavy atom. The molecular weight excluding hydrogens is 240 g/mol. The summed E-state index contributed by atoms with van der Waals surface area (Å²) in [5.74, 6) is -0.253. The van der Waals surface area contributed by atoms with Crippen LogP contribution in [-0.4, -0.2) is 47.4 Å². The zero-order valence-corrected chi connectivity index (χ0v) is 10.7. The van der Waals surface area contributed by atoms with Crippen LogP contribution in [0.4, 0.5) is 0 Å². The van der Waals surface area contributed by atoms with Crippen LogP contribution in [0.1, 0.15) is 19.3 Å². The number of ether oxygens (including phenoxy) is 1. The van der Waals surface area contributed by atoms with Crippen molar-refractivity contribution >= 4 is 23.6 Å². The Hall–Kier alpha value is -0.980. The molecule has 0 radical (unpaired) electrons. The average Bonchev–Trinajstić information content (AvgIpc) is 2.75. The molecule has 0 aromatic carbocycles. The van der Waals surface area contributed by atoms with E-state index in [4.69, 9.17) is 9.84 Å². The molecule has 1 aliphatic rings. The minimum atomic E-state index is -0.253. The monoisotopic (exact) mass is 258 g/mol. The van der Waals surface area contributed by atoms with Gasteiger partial charge in [0.25, 0.3) is 0 Å². The van der Waals surface area contributed by atoms with Gasteiger partial charge in [0.1, 0.15) is 6.23 Å². The zero-order valence-electron chi connectivity index (χ0n) is 9.83. The van der Waals surface area contributed by atoms with E-state index in [9.17, 15) is 4.79 Å². The van der Waals surface area contributed by atoms with E-state index in [0.717, 1.165) is 12.8 Å². The molecule has 1 amide bonds. The summed E-state index contributed by atoms with van der Waals surface area (Å²) in [6.07, 6.45) is 5.68. The van der Waals surface area contributed by atoms with Crippen LogP contribution in [-0.2, 0) is 9.53 Å². The molecule has 1 aliphatic heterocycles. The van der Waals surface area contributed by atoms with Gasteiger partial charge >= 0.3 is 0 Å². The van der Waals surface area contributed by atoms with Crippen molar-refractivity contribution in [3.8, 4) is 0 Å². The number of nitrogens with one attached hydrogen (secondary N) is 1. The van der Waals surface area contributed by atoms with Gasteiger partial charge in [-0.15, -0.1) is 0 Å². The Morgan fingerprint density at radius 2 is 2.41 bits per heavy atom. The predicted octanol–water partition coefficient (Wildman–Crippen LogP) is 0.393. The van der Waals surface area contributed by atoms with Crippen LogP contribution >= 0.6 is 12.2 Å². The number of aliphatic hydroxyl groups excluding tert-OH is 1. The van der Waals surface area contributed by atoms with Crippen LogP contribution in [0.5, 0.6) is 0 Å². The standard InChI is InChI=1S/C11H18N2O3S/c1-13(6-4-10(15)12-8-17)11-3-2-9(16-11)5-7-14/h4,6,8-9,11,14H,2-3,5,7H2,1H3,(H,12,15,17)/b6-4-/t9?,11-/m1/s1. The van der Waals surface area contributed by atoms with Crippen molar-refractivity contribution in [2.45, 2.75) is 31.6 Å². The van der Waals surface area contributed by atoms with E-state index in [2.05, 4.69) is 17.5 Å². The van der Waals surface area contributed by atoms with Crippen molar-refractivity contribution in [1.29, 1.82) is 0 Å². The Balaban J connectivity index is 2.36. The molecule has 1 rings (SSSR count). The fourth-order valence-electron chi connectivity index (χ4n) is 1.73. The smallest absolute Gasteiger partial charge is 0.249 e. The van der Waals surface area contributed by atoms with Gasteiger partial charge in [-0.3, -0.25) is 4.79 Å². The molecule has 0 aliphatic carbocycles. The van der Waals surface area contributed by atoms with E-state index in [1.165, 1.54) is 11.6 Å². The predicted molar refractivity (Wildman–Crippen MR) is 68.3 cm³/mol. The maximum absolute atomic E-state index is 11.1. The summed E-state index contributed by atoms with van der Waals surface area (Å²) in [4.78, 5) is 13.0. The first-order valence-electron chi connectivity index (χ1n) is 5.58. The molecule has 96 valence electrons. The van der Waals surface area contributed by atoms with E-state index >= 15 is 0 Å². The van der Waals surface area contributed by atoms with Gasteiger partial charge in [0.2, 0.25) is 5.91 Å². The van der Waals surface area contributed by atoms with Gasteiger partial charge in [-0.1, -0.05) is 12.2 Å². The molecule has 1 fully saturated rings. The van der Waals surface area contributed by atoms with E-state index in [0.29, 0.717) is 6.42 Å². The highest BCUT2D eigenvalue weighted by Crippen LogP contribution is 2.23. The van der Waals surface area contributed by atoms with Gasteiger partial charge in [0, 0.05) is 25.9 Å². The molecule has 1 saturated heterocycles. The first-order valence-corrected chi connectivity index (χ1v) is 6.05. The van der Waals surface area contributed by atoms with Crippen LogP contribution in [0.2, 0.25) is 0 Å². The average molecular weight is 258 g/mol. The van der Waals surface area contributed by atoms with Gasteiger partial charge in [0.15, 0.2) is 0 Å². The normalized spacial score (nSPS) is 23.9. The fraction of sp³-hybridized carbons (Fsp3) is 0.636. The molecule has 2 N–H and O–H groups in total. The summed E-state index contributed by atoms with van der Waals surface area (Å²) < 4.78 is 5.71. The molecule has 0 spiro atoms. The Bertz CT molecular complexity index is 296. The maximum Gasteiger partial charge on any atom is 0.249 e. The lowest BCUT2D eigenvalue weighted by atomic mass is 10.2. The highest BCUT2D eigenvalue weighted by atomic mass is 32.1. The summed E-state index contributed by atoms with van der Waals surface area (Å²) in [5.41, 5.74) is 1.18. The van der Waals surface area contributed by atoms with Gasteiger partial charge in [-0.2, -0.15) is 0 Å². The lowest BCUT2D eigenvalue weighted by Gasteiger charge is -2.22. The van der Waals surface area contributed by atoms with Crippen molar-refractivity contribution in [1.82, 2.24) is 10.2 Å². The number of hydrogen-bond donors (Lipinski definition) is 2. The summed E-state index contributed by atoms with van der Waals surface area (Å²) >= 11 is 4.51. The molecule has 1 heterocycles. The zero-order chi connectivity index (χ0) is 12.7. The topological polar surface area (TPSA) is 61.8 Å². The summed E-state index contributed by atoms with van der Waals surface area (Å²) in [5, 5.41) is 11.2. The van der Waals surface area contributed by atoms with Crippen molar-refractivity contribution < 1.29 is 14.6 Å². The van der Waals surface area contributed by atoms with Crippen LogP contribution in [0, 0.1) is 0 Å². The third kappa shape index (κ3) is 4.80. The van der Waals surface area contributed by atoms with E-state index < -0.39 is 0 Å². The second-order valence-electron chi connectivity index (χ2n) is 3.91. The Kier molecular flexibility index (Phi) is 6.10. The fourth-order valence-corrected chi connectivity index (χ4v) is 1.85. The van der Waals surface area contributed by atoms with Crippen LogP contribution in [0.3, 0.4) is 0 Å². The number of hydrogen-bond acceptors (Lipinski definition) is 5. The molecule has 6 heteroatoms. The molecule has 0 saturated carbocycles. The van der Waals surface area contributed by atoms with Gasteiger partial charge < -0.3 is 20.1 Å². The number of carbonyl (C=O) groups excluding carboxylic acids is 1.